The van der Waals surface area contributed by atoms with Crippen molar-refractivity contribution in [1.82, 2.24) is 9.62 Å². The van der Waals surface area contributed by atoms with E-state index in [0.29, 0.717) is 18.8 Å². The fourth-order valence-corrected chi connectivity index (χ4v) is 4.28. The Labute approximate surface area is 148 Å². The van der Waals surface area contributed by atoms with E-state index in [9.17, 15) is 13.2 Å². The Morgan fingerprint density at radius 2 is 1.88 bits per heavy atom. The van der Waals surface area contributed by atoms with Crippen LogP contribution in [0.5, 0.6) is 5.75 Å². The molecule has 8 heteroatoms. The Hall–Kier alpha value is -1.31. The molecular weight excluding hydrogens is 352 g/mol. The van der Waals surface area contributed by atoms with E-state index in [1.807, 2.05) is 0 Å². The van der Waals surface area contributed by atoms with E-state index in [1.54, 1.807) is 11.8 Å². The summed E-state index contributed by atoms with van der Waals surface area (Å²) in [5.41, 5.74) is 0. The molecule has 1 aliphatic rings. The second-order valence-electron chi connectivity index (χ2n) is 5.88. The second-order valence-corrected chi connectivity index (χ2v) is 8.00. The van der Waals surface area contributed by atoms with Gasteiger partial charge in [-0.15, -0.1) is 0 Å². The Morgan fingerprint density at radius 1 is 1.25 bits per heavy atom. The van der Waals surface area contributed by atoms with Gasteiger partial charge in [0.1, 0.15) is 5.75 Å². The first-order valence-electron chi connectivity index (χ1n) is 8.00. The monoisotopic (exact) mass is 374 g/mol. The van der Waals surface area contributed by atoms with Crippen molar-refractivity contribution >= 4 is 27.5 Å². The number of carbonyl (C=O) groups excluding carboxylic acids is 1. The van der Waals surface area contributed by atoms with Crippen LogP contribution in [0.3, 0.4) is 0 Å². The molecule has 1 atom stereocenters. The van der Waals surface area contributed by atoms with Crippen LogP contribution < -0.4 is 9.46 Å². The standard InChI is InChI=1S/C16H23ClN2O4S/c1-12(16(20)19-9-5-3-4-6-10-19)18-24(21,22)13-7-8-15(23-2)14(17)11-13/h7-8,11-12,18H,3-6,9-10H2,1-2H3/t12-/m1/s1. The molecule has 1 aromatic rings. The van der Waals surface area contributed by atoms with Crippen LogP contribution in [-0.4, -0.2) is 45.5 Å². The molecular formula is C16H23ClN2O4S. The maximum absolute atomic E-state index is 12.5. The molecule has 1 aliphatic heterocycles. The number of amides is 1. The zero-order chi connectivity index (χ0) is 17.7. The summed E-state index contributed by atoms with van der Waals surface area (Å²) >= 11 is 5.98. The van der Waals surface area contributed by atoms with Gasteiger partial charge in [0.25, 0.3) is 0 Å². The summed E-state index contributed by atoms with van der Waals surface area (Å²) < 4.78 is 32.4. The number of hydrogen-bond donors (Lipinski definition) is 1. The second kappa shape index (κ2) is 8.18. The maximum atomic E-state index is 12.5. The van der Waals surface area contributed by atoms with Gasteiger partial charge < -0.3 is 9.64 Å². The van der Waals surface area contributed by atoms with Gasteiger partial charge in [0.15, 0.2) is 0 Å². The predicted molar refractivity (Wildman–Crippen MR) is 92.8 cm³/mol. The summed E-state index contributed by atoms with van der Waals surface area (Å²) in [4.78, 5) is 14.2. The lowest BCUT2D eigenvalue weighted by Crippen LogP contribution is -2.47. The molecule has 0 unspecified atom stereocenters. The molecule has 134 valence electrons. The molecule has 0 radical (unpaired) electrons. The SMILES string of the molecule is COc1ccc(S(=O)(=O)N[C@H](C)C(=O)N2CCCCCC2)cc1Cl. The van der Waals surface area contributed by atoms with Crippen LogP contribution in [0.2, 0.25) is 5.02 Å². The third-order valence-electron chi connectivity index (χ3n) is 4.05. The van der Waals surface area contributed by atoms with Gasteiger partial charge in [-0.05, 0) is 38.0 Å². The first kappa shape index (κ1) is 19.0. The number of likely N-dealkylation sites (tertiary alicyclic amines) is 1. The predicted octanol–water partition coefficient (Wildman–Crippen LogP) is 2.42. The maximum Gasteiger partial charge on any atom is 0.241 e. The van der Waals surface area contributed by atoms with Gasteiger partial charge in [-0.3, -0.25) is 4.79 Å². The van der Waals surface area contributed by atoms with Crippen molar-refractivity contribution in [3.63, 3.8) is 0 Å². The Morgan fingerprint density at radius 3 is 2.42 bits per heavy atom. The Kier molecular flexibility index (Phi) is 6.48. The van der Waals surface area contributed by atoms with E-state index in [1.165, 1.54) is 25.3 Å². The first-order chi connectivity index (χ1) is 11.3. The van der Waals surface area contributed by atoms with Gasteiger partial charge in [0.05, 0.1) is 23.1 Å². The van der Waals surface area contributed by atoms with Gasteiger partial charge in [-0.1, -0.05) is 24.4 Å². The average Bonchev–Trinajstić information content (AvgIpc) is 2.82. The van der Waals surface area contributed by atoms with Crippen LogP contribution in [0.1, 0.15) is 32.6 Å². The van der Waals surface area contributed by atoms with Gasteiger partial charge in [0, 0.05) is 13.1 Å². The van der Waals surface area contributed by atoms with Crippen LogP contribution in [0, 0.1) is 0 Å². The lowest BCUT2D eigenvalue weighted by Gasteiger charge is -2.24. The largest absolute Gasteiger partial charge is 0.495 e. The first-order valence-corrected chi connectivity index (χ1v) is 9.86. The van der Waals surface area contributed by atoms with E-state index >= 15 is 0 Å². The van der Waals surface area contributed by atoms with Crippen molar-refractivity contribution in [2.75, 3.05) is 20.2 Å². The number of nitrogens with one attached hydrogen (secondary N) is 1. The highest BCUT2D eigenvalue weighted by atomic mass is 35.5. The summed E-state index contributed by atoms with van der Waals surface area (Å²) in [5, 5.41) is 0.201. The van der Waals surface area contributed by atoms with E-state index in [0.717, 1.165) is 25.7 Å². The van der Waals surface area contributed by atoms with Gasteiger partial charge in [-0.2, -0.15) is 4.72 Å². The number of rotatable bonds is 5. The van der Waals surface area contributed by atoms with Crippen molar-refractivity contribution in [2.45, 2.75) is 43.5 Å². The van der Waals surface area contributed by atoms with Crippen LogP contribution >= 0.6 is 11.6 Å². The van der Waals surface area contributed by atoms with Crippen molar-refractivity contribution in [2.24, 2.45) is 0 Å². The highest BCUT2D eigenvalue weighted by Crippen LogP contribution is 2.27. The Bertz CT molecular complexity index is 685. The minimum atomic E-state index is -3.84. The number of sulfonamides is 1. The molecule has 0 bridgehead atoms. The Balaban J connectivity index is 2.09. The molecule has 0 aromatic heterocycles. The van der Waals surface area contributed by atoms with Crippen molar-refractivity contribution < 1.29 is 17.9 Å². The molecule has 0 aliphatic carbocycles. The number of nitrogens with zero attached hydrogens (tertiary/aromatic N) is 1. The minimum Gasteiger partial charge on any atom is -0.495 e. The van der Waals surface area contributed by atoms with Crippen LogP contribution in [0.4, 0.5) is 0 Å². The third kappa shape index (κ3) is 4.62. The zero-order valence-electron chi connectivity index (χ0n) is 13.9. The number of methoxy groups -OCH3 is 1. The molecule has 1 aromatic carbocycles. The number of halogens is 1. The van der Waals surface area contributed by atoms with Gasteiger partial charge in [0.2, 0.25) is 15.9 Å². The summed E-state index contributed by atoms with van der Waals surface area (Å²) in [5.74, 6) is 0.199. The fourth-order valence-electron chi connectivity index (χ4n) is 2.73. The summed E-state index contributed by atoms with van der Waals surface area (Å²) in [7, 11) is -2.38. The lowest BCUT2D eigenvalue weighted by molar-refractivity contribution is -0.132. The summed E-state index contributed by atoms with van der Waals surface area (Å²) in [6.07, 6.45) is 4.13. The van der Waals surface area contributed by atoms with Gasteiger partial charge in [-0.25, -0.2) is 8.42 Å². The summed E-state index contributed by atoms with van der Waals surface area (Å²) in [6.45, 7) is 2.93. The zero-order valence-corrected chi connectivity index (χ0v) is 15.5. The summed E-state index contributed by atoms with van der Waals surface area (Å²) in [6, 6.07) is 3.37. The van der Waals surface area contributed by atoms with Crippen molar-refractivity contribution in [3.8, 4) is 5.75 Å². The molecule has 1 heterocycles. The van der Waals surface area contributed by atoms with E-state index in [-0.39, 0.29) is 15.8 Å². The van der Waals surface area contributed by atoms with E-state index in [2.05, 4.69) is 4.72 Å². The number of carbonyl (C=O) groups is 1. The fraction of sp³-hybridized carbons (Fsp3) is 0.562. The molecule has 1 amide bonds. The molecule has 1 fully saturated rings. The van der Waals surface area contributed by atoms with Crippen LogP contribution in [0.25, 0.3) is 0 Å². The lowest BCUT2D eigenvalue weighted by atomic mass is 10.2. The van der Waals surface area contributed by atoms with E-state index in [4.69, 9.17) is 16.3 Å². The van der Waals surface area contributed by atoms with Crippen molar-refractivity contribution in [3.05, 3.63) is 23.2 Å². The van der Waals surface area contributed by atoms with Crippen LogP contribution in [-0.2, 0) is 14.8 Å². The van der Waals surface area contributed by atoms with Gasteiger partial charge >= 0.3 is 0 Å². The third-order valence-corrected chi connectivity index (χ3v) is 5.89. The molecule has 6 nitrogen and oxygen atoms in total. The molecule has 0 saturated carbocycles. The molecule has 24 heavy (non-hydrogen) atoms. The molecule has 0 spiro atoms. The average molecular weight is 375 g/mol. The number of benzene rings is 1. The van der Waals surface area contributed by atoms with E-state index < -0.39 is 16.1 Å². The molecule has 1 saturated heterocycles. The molecule has 1 N–H and O–H groups in total. The quantitative estimate of drug-likeness (QED) is 0.858. The van der Waals surface area contributed by atoms with Crippen LogP contribution in [0.15, 0.2) is 23.1 Å². The smallest absolute Gasteiger partial charge is 0.241 e. The number of ether oxygens (including phenoxy) is 1. The number of hydrogen-bond acceptors (Lipinski definition) is 4. The highest BCUT2D eigenvalue weighted by Gasteiger charge is 2.26. The molecule has 2 rings (SSSR count). The minimum absolute atomic E-state index is 0.00353. The van der Waals surface area contributed by atoms with Crippen molar-refractivity contribution in [1.29, 1.82) is 0 Å². The normalized spacial score (nSPS) is 17.2. The topological polar surface area (TPSA) is 75.7 Å². The highest BCUT2D eigenvalue weighted by molar-refractivity contribution is 7.89.